The minimum atomic E-state index is -0.0549. The third kappa shape index (κ3) is 2.41. The molecule has 18 heavy (non-hydrogen) atoms. The van der Waals surface area contributed by atoms with Crippen LogP contribution in [0.15, 0.2) is 6.07 Å². The number of rotatable bonds is 3. The van der Waals surface area contributed by atoms with E-state index >= 15 is 0 Å². The second-order valence-electron chi connectivity index (χ2n) is 4.20. The van der Waals surface area contributed by atoms with E-state index in [0.29, 0.717) is 23.1 Å². The van der Waals surface area contributed by atoms with Gasteiger partial charge in [0.15, 0.2) is 11.5 Å². The Labute approximate surface area is 112 Å². The third-order valence-corrected chi connectivity index (χ3v) is 3.52. The predicted octanol–water partition coefficient (Wildman–Crippen LogP) is 2.33. The molecule has 0 radical (unpaired) electrons. The topological polar surface area (TPSA) is 39.7 Å². The molecule has 4 nitrogen and oxygen atoms in total. The number of halogens is 1. The number of benzene rings is 1. The average molecular weight is 272 g/mol. The van der Waals surface area contributed by atoms with Gasteiger partial charge in [-0.05, 0) is 13.0 Å². The lowest BCUT2D eigenvalue weighted by atomic mass is 10.0. The van der Waals surface area contributed by atoms with Crippen molar-refractivity contribution < 1.29 is 14.2 Å². The maximum Gasteiger partial charge on any atom is 0.166 e. The third-order valence-electron chi connectivity index (χ3n) is 3.13. The highest BCUT2D eigenvalue weighted by molar-refractivity contribution is 6.31. The second-order valence-corrected chi connectivity index (χ2v) is 4.61. The highest BCUT2D eigenvalue weighted by Crippen LogP contribution is 2.42. The van der Waals surface area contributed by atoms with Crippen molar-refractivity contribution >= 4 is 11.6 Å². The van der Waals surface area contributed by atoms with Crippen LogP contribution in [0, 0.1) is 6.92 Å². The number of morpholine rings is 1. The highest BCUT2D eigenvalue weighted by atomic mass is 35.5. The number of hydrogen-bond donors (Lipinski definition) is 1. The summed E-state index contributed by atoms with van der Waals surface area (Å²) in [5.74, 6) is 1.38. The van der Waals surface area contributed by atoms with Crippen molar-refractivity contribution in [2.45, 2.75) is 13.0 Å². The summed E-state index contributed by atoms with van der Waals surface area (Å²) in [4.78, 5) is 0. The summed E-state index contributed by atoms with van der Waals surface area (Å²) in [5, 5.41) is 3.96. The minimum absolute atomic E-state index is 0.0549. The van der Waals surface area contributed by atoms with E-state index in [0.717, 1.165) is 24.2 Å². The zero-order chi connectivity index (χ0) is 13.1. The van der Waals surface area contributed by atoms with Crippen molar-refractivity contribution in [3.8, 4) is 11.5 Å². The van der Waals surface area contributed by atoms with E-state index in [4.69, 9.17) is 25.8 Å². The molecule has 0 amide bonds. The molecule has 1 aliphatic rings. The Hall–Kier alpha value is -0.970. The lowest BCUT2D eigenvalue weighted by Crippen LogP contribution is -2.33. The fourth-order valence-electron chi connectivity index (χ4n) is 2.18. The molecule has 1 atom stereocenters. The first-order valence-corrected chi connectivity index (χ1v) is 6.30. The molecule has 1 heterocycles. The molecule has 0 bridgehead atoms. The standard InChI is InChI=1S/C13H18ClNO3/c1-8-10(14)6-9(11-7-15-4-5-18-11)13(17-3)12(8)16-2/h6,11,15H,4-5,7H2,1-3H3. The zero-order valence-electron chi connectivity index (χ0n) is 10.9. The van der Waals surface area contributed by atoms with E-state index in [-0.39, 0.29) is 6.10 Å². The summed E-state index contributed by atoms with van der Waals surface area (Å²) in [5.41, 5.74) is 1.81. The van der Waals surface area contributed by atoms with Gasteiger partial charge in [-0.25, -0.2) is 0 Å². The molecule has 5 heteroatoms. The summed E-state index contributed by atoms with van der Waals surface area (Å²) in [7, 11) is 3.25. The Balaban J connectivity index is 2.47. The van der Waals surface area contributed by atoms with Crippen molar-refractivity contribution in [1.82, 2.24) is 5.32 Å². The summed E-state index contributed by atoms with van der Waals surface area (Å²) in [6, 6.07) is 1.90. The van der Waals surface area contributed by atoms with E-state index in [1.165, 1.54) is 0 Å². The molecule has 0 spiro atoms. The largest absolute Gasteiger partial charge is 0.493 e. The van der Waals surface area contributed by atoms with Gasteiger partial charge in [0.1, 0.15) is 0 Å². The molecule has 1 saturated heterocycles. The predicted molar refractivity (Wildman–Crippen MR) is 70.9 cm³/mol. The molecule has 1 aliphatic heterocycles. The molecule has 1 N–H and O–H groups in total. The SMILES string of the molecule is COc1c(C2CNCCO2)cc(Cl)c(C)c1OC. The second kappa shape index (κ2) is 5.78. The number of methoxy groups -OCH3 is 2. The van der Waals surface area contributed by atoms with Crippen LogP contribution in [0.2, 0.25) is 5.02 Å². The molecule has 1 unspecified atom stereocenters. The fraction of sp³-hybridized carbons (Fsp3) is 0.538. The van der Waals surface area contributed by atoms with Gasteiger partial charge in [0, 0.05) is 29.2 Å². The molecule has 1 aromatic rings. The van der Waals surface area contributed by atoms with Crippen molar-refractivity contribution in [2.24, 2.45) is 0 Å². The van der Waals surface area contributed by atoms with E-state index in [1.807, 2.05) is 13.0 Å². The molecular formula is C13H18ClNO3. The maximum atomic E-state index is 6.23. The van der Waals surface area contributed by atoms with Gasteiger partial charge in [-0.2, -0.15) is 0 Å². The van der Waals surface area contributed by atoms with Gasteiger partial charge in [-0.3, -0.25) is 0 Å². The normalized spacial score (nSPS) is 19.7. The summed E-state index contributed by atoms with van der Waals surface area (Å²) in [6.07, 6.45) is -0.0549. The number of ether oxygens (including phenoxy) is 3. The van der Waals surface area contributed by atoms with Crippen molar-refractivity contribution in [3.63, 3.8) is 0 Å². The van der Waals surface area contributed by atoms with Gasteiger partial charge in [0.25, 0.3) is 0 Å². The van der Waals surface area contributed by atoms with E-state index in [1.54, 1.807) is 14.2 Å². The first-order chi connectivity index (χ1) is 8.69. The van der Waals surface area contributed by atoms with E-state index < -0.39 is 0 Å². The van der Waals surface area contributed by atoms with E-state index in [2.05, 4.69) is 5.32 Å². The van der Waals surface area contributed by atoms with Crippen LogP contribution in [0.4, 0.5) is 0 Å². The Kier molecular flexibility index (Phi) is 4.32. The molecule has 0 aliphatic carbocycles. The summed E-state index contributed by atoms with van der Waals surface area (Å²) in [6.45, 7) is 4.21. The molecule has 2 rings (SSSR count). The lowest BCUT2D eigenvalue weighted by Gasteiger charge is -2.26. The molecule has 1 aromatic carbocycles. The average Bonchev–Trinajstić information content (AvgIpc) is 2.42. The van der Waals surface area contributed by atoms with Crippen LogP contribution < -0.4 is 14.8 Å². The van der Waals surface area contributed by atoms with Crippen LogP contribution in [0.3, 0.4) is 0 Å². The highest BCUT2D eigenvalue weighted by Gasteiger charge is 2.24. The Morgan fingerprint density at radius 3 is 2.61 bits per heavy atom. The van der Waals surface area contributed by atoms with Gasteiger partial charge in [0.05, 0.1) is 26.9 Å². The molecule has 0 saturated carbocycles. The lowest BCUT2D eigenvalue weighted by molar-refractivity contribution is 0.0260. The van der Waals surface area contributed by atoms with Crippen molar-refractivity contribution in [1.29, 1.82) is 0 Å². The van der Waals surface area contributed by atoms with Gasteiger partial charge >= 0.3 is 0 Å². The summed E-state index contributed by atoms with van der Waals surface area (Å²) < 4.78 is 16.6. The molecule has 1 fully saturated rings. The maximum absolute atomic E-state index is 6.23. The molecule has 100 valence electrons. The van der Waals surface area contributed by atoms with Gasteiger partial charge in [0.2, 0.25) is 0 Å². The van der Waals surface area contributed by atoms with Gasteiger partial charge in [-0.15, -0.1) is 0 Å². The molecular weight excluding hydrogens is 254 g/mol. The monoisotopic (exact) mass is 271 g/mol. The Morgan fingerprint density at radius 2 is 2.06 bits per heavy atom. The van der Waals surface area contributed by atoms with Crippen LogP contribution in [0.1, 0.15) is 17.2 Å². The smallest absolute Gasteiger partial charge is 0.166 e. The van der Waals surface area contributed by atoms with Crippen LogP contribution in [0.25, 0.3) is 0 Å². The Bertz CT molecular complexity index is 431. The van der Waals surface area contributed by atoms with Crippen LogP contribution in [0.5, 0.6) is 11.5 Å². The quantitative estimate of drug-likeness (QED) is 0.916. The van der Waals surface area contributed by atoms with E-state index in [9.17, 15) is 0 Å². The molecule has 0 aromatic heterocycles. The first kappa shape index (κ1) is 13.5. The van der Waals surface area contributed by atoms with Crippen LogP contribution >= 0.6 is 11.6 Å². The van der Waals surface area contributed by atoms with Crippen molar-refractivity contribution in [2.75, 3.05) is 33.9 Å². The van der Waals surface area contributed by atoms with Crippen LogP contribution in [-0.4, -0.2) is 33.9 Å². The van der Waals surface area contributed by atoms with Gasteiger partial charge < -0.3 is 19.5 Å². The fourth-order valence-corrected chi connectivity index (χ4v) is 2.38. The first-order valence-electron chi connectivity index (χ1n) is 5.92. The minimum Gasteiger partial charge on any atom is -0.493 e. The van der Waals surface area contributed by atoms with Crippen LogP contribution in [-0.2, 0) is 4.74 Å². The Morgan fingerprint density at radius 1 is 1.33 bits per heavy atom. The summed E-state index contributed by atoms with van der Waals surface area (Å²) >= 11 is 6.23. The van der Waals surface area contributed by atoms with Gasteiger partial charge in [-0.1, -0.05) is 11.6 Å². The number of hydrogen-bond acceptors (Lipinski definition) is 4. The number of nitrogens with one attached hydrogen (secondary N) is 1. The van der Waals surface area contributed by atoms with Crippen molar-refractivity contribution in [3.05, 3.63) is 22.2 Å². The zero-order valence-corrected chi connectivity index (χ0v) is 11.6.